The van der Waals surface area contributed by atoms with Crippen LogP contribution in [0.25, 0.3) is 0 Å². The van der Waals surface area contributed by atoms with E-state index < -0.39 is 0 Å². The van der Waals surface area contributed by atoms with Gasteiger partial charge in [-0.05, 0) is 54.9 Å². The Morgan fingerprint density at radius 1 is 1.12 bits per heavy atom. The molecule has 5 rings (SSSR count). The van der Waals surface area contributed by atoms with Crippen molar-refractivity contribution in [3.8, 4) is 0 Å². The van der Waals surface area contributed by atoms with Gasteiger partial charge in [0.05, 0.1) is 12.7 Å². The molecule has 1 amide bonds. The second kappa shape index (κ2) is 9.32. The lowest BCUT2D eigenvalue weighted by Crippen LogP contribution is -2.43. The molecule has 3 heterocycles. The van der Waals surface area contributed by atoms with Crippen molar-refractivity contribution in [2.45, 2.75) is 45.3 Å². The smallest absolute Gasteiger partial charge is 0.254 e. The average molecular weight is 464 g/mol. The van der Waals surface area contributed by atoms with E-state index in [1.165, 1.54) is 0 Å². The number of benzene rings is 2. The van der Waals surface area contributed by atoms with Crippen molar-refractivity contribution in [3.63, 3.8) is 0 Å². The fourth-order valence-electron chi connectivity index (χ4n) is 5.26. The van der Waals surface area contributed by atoms with Crippen molar-refractivity contribution in [2.24, 2.45) is 5.41 Å². The molecule has 172 valence electrons. The van der Waals surface area contributed by atoms with Crippen molar-refractivity contribution in [1.29, 1.82) is 0 Å². The van der Waals surface area contributed by atoms with Crippen LogP contribution < -0.4 is 0 Å². The first kappa shape index (κ1) is 22.2. The molecule has 1 aromatic heterocycles. The summed E-state index contributed by atoms with van der Waals surface area (Å²) in [6.07, 6.45) is 7.82. The van der Waals surface area contributed by atoms with Crippen molar-refractivity contribution in [1.82, 2.24) is 14.5 Å². The maximum atomic E-state index is 13.4. The van der Waals surface area contributed by atoms with Crippen LogP contribution in [0.3, 0.4) is 0 Å². The molecule has 3 aromatic rings. The number of hydrogen-bond donors (Lipinski definition) is 0. The van der Waals surface area contributed by atoms with E-state index >= 15 is 0 Å². The number of aromatic nitrogens is 2. The molecule has 0 aliphatic carbocycles. The normalized spacial score (nSPS) is 19.8. The Labute approximate surface area is 200 Å². The number of rotatable bonds is 5. The second-order valence-electron chi connectivity index (χ2n) is 9.48. The molecule has 2 aliphatic heterocycles. The summed E-state index contributed by atoms with van der Waals surface area (Å²) in [6, 6.07) is 16.0. The highest BCUT2D eigenvalue weighted by molar-refractivity contribution is 6.31. The van der Waals surface area contributed by atoms with Crippen LogP contribution in [0.4, 0.5) is 0 Å². The van der Waals surface area contributed by atoms with E-state index in [9.17, 15) is 4.79 Å². The van der Waals surface area contributed by atoms with Gasteiger partial charge in [0.25, 0.3) is 5.91 Å². The van der Waals surface area contributed by atoms with Gasteiger partial charge in [0, 0.05) is 49.0 Å². The maximum Gasteiger partial charge on any atom is 0.254 e. The van der Waals surface area contributed by atoms with Crippen LogP contribution in [0, 0.1) is 12.3 Å². The Kier molecular flexibility index (Phi) is 6.26. The second-order valence-corrected chi connectivity index (χ2v) is 9.89. The monoisotopic (exact) mass is 463 g/mol. The molecule has 1 spiro atoms. The van der Waals surface area contributed by atoms with Gasteiger partial charge in [0.2, 0.25) is 0 Å². The van der Waals surface area contributed by atoms with Gasteiger partial charge in [-0.1, -0.05) is 48.0 Å². The van der Waals surface area contributed by atoms with Crippen LogP contribution in [0.15, 0.2) is 60.9 Å². The number of imidazole rings is 1. The van der Waals surface area contributed by atoms with E-state index in [1.54, 1.807) is 6.20 Å². The zero-order valence-corrected chi connectivity index (χ0v) is 19.8. The first-order valence-electron chi connectivity index (χ1n) is 11.7. The van der Waals surface area contributed by atoms with Crippen molar-refractivity contribution >= 4 is 17.5 Å². The third-order valence-electron chi connectivity index (χ3n) is 7.31. The summed E-state index contributed by atoms with van der Waals surface area (Å²) in [5.41, 5.74) is 3.16. The number of carbonyl (C=O) groups is 1. The van der Waals surface area contributed by atoms with Crippen molar-refractivity contribution < 1.29 is 9.53 Å². The van der Waals surface area contributed by atoms with Crippen LogP contribution in [0.5, 0.6) is 0 Å². The van der Waals surface area contributed by atoms with E-state index in [2.05, 4.69) is 15.6 Å². The zero-order valence-electron chi connectivity index (χ0n) is 19.0. The minimum Gasteiger partial charge on any atom is -0.377 e. The SMILES string of the molecule is Cc1nccn1Cc1ccccc1C(=O)N1CCC2(CC1)CO[C@H](Cc1ccccc1Cl)C2. The van der Waals surface area contributed by atoms with E-state index in [4.69, 9.17) is 16.3 Å². The topological polar surface area (TPSA) is 47.4 Å². The summed E-state index contributed by atoms with van der Waals surface area (Å²) in [5.74, 6) is 1.08. The molecule has 2 aromatic carbocycles. The number of piperidine rings is 1. The molecule has 2 fully saturated rings. The molecule has 1 atom stereocenters. The highest BCUT2D eigenvalue weighted by Crippen LogP contribution is 2.43. The van der Waals surface area contributed by atoms with Gasteiger partial charge >= 0.3 is 0 Å². The molecule has 33 heavy (non-hydrogen) atoms. The Morgan fingerprint density at radius 3 is 2.58 bits per heavy atom. The van der Waals surface area contributed by atoms with E-state index in [1.807, 2.05) is 60.5 Å². The minimum absolute atomic E-state index is 0.129. The fourth-order valence-corrected chi connectivity index (χ4v) is 5.47. The van der Waals surface area contributed by atoms with E-state index in [-0.39, 0.29) is 17.4 Å². The van der Waals surface area contributed by atoms with Gasteiger partial charge in [-0.3, -0.25) is 4.79 Å². The Morgan fingerprint density at radius 2 is 1.85 bits per heavy atom. The minimum atomic E-state index is 0.129. The molecule has 0 N–H and O–H groups in total. The molecule has 0 radical (unpaired) electrons. The Bertz CT molecular complexity index is 1130. The van der Waals surface area contributed by atoms with E-state index in [0.29, 0.717) is 6.54 Å². The van der Waals surface area contributed by atoms with Gasteiger partial charge in [-0.15, -0.1) is 0 Å². The predicted octanol–water partition coefficient (Wildman–Crippen LogP) is 5.15. The summed E-state index contributed by atoms with van der Waals surface area (Å²) in [7, 11) is 0. The average Bonchev–Trinajstić information content (AvgIpc) is 3.42. The number of aryl methyl sites for hydroxylation is 1. The fraction of sp³-hybridized carbons (Fsp3) is 0.407. The van der Waals surface area contributed by atoms with Gasteiger partial charge in [0.1, 0.15) is 5.82 Å². The van der Waals surface area contributed by atoms with Crippen LogP contribution in [0.1, 0.15) is 46.6 Å². The molecule has 2 aliphatic rings. The summed E-state index contributed by atoms with van der Waals surface area (Å²) in [4.78, 5) is 19.8. The standard InChI is InChI=1S/C27H30ClN3O2/c1-20-29-12-15-31(20)18-22-7-2-4-8-24(22)26(32)30-13-10-27(11-14-30)17-23(33-19-27)16-21-6-3-5-9-25(21)28/h2-9,12,15,23H,10-11,13-14,16-19H2,1H3/t23-/m1/s1. The third kappa shape index (κ3) is 4.71. The number of likely N-dealkylation sites (tertiary alicyclic amines) is 1. The van der Waals surface area contributed by atoms with E-state index in [0.717, 1.165) is 72.9 Å². The maximum absolute atomic E-state index is 13.4. The molecular weight excluding hydrogens is 434 g/mol. The van der Waals surface area contributed by atoms with Crippen LogP contribution in [-0.4, -0.2) is 46.2 Å². The van der Waals surface area contributed by atoms with Crippen molar-refractivity contribution in [3.05, 3.63) is 88.5 Å². The molecule has 6 heteroatoms. The number of carbonyl (C=O) groups excluding carboxylic acids is 1. The first-order valence-corrected chi connectivity index (χ1v) is 12.1. The largest absolute Gasteiger partial charge is 0.377 e. The van der Waals surface area contributed by atoms with Crippen LogP contribution in [-0.2, 0) is 17.7 Å². The lowest BCUT2D eigenvalue weighted by molar-refractivity contribution is 0.0495. The first-order chi connectivity index (χ1) is 16.0. The lowest BCUT2D eigenvalue weighted by atomic mass is 9.76. The third-order valence-corrected chi connectivity index (χ3v) is 7.68. The van der Waals surface area contributed by atoms with Gasteiger partial charge < -0.3 is 14.2 Å². The van der Waals surface area contributed by atoms with Crippen LogP contribution >= 0.6 is 11.6 Å². The number of halogens is 1. The molecule has 0 saturated carbocycles. The molecule has 2 saturated heterocycles. The molecular formula is C27H30ClN3O2. The molecule has 5 nitrogen and oxygen atoms in total. The summed E-state index contributed by atoms with van der Waals surface area (Å²) >= 11 is 6.35. The summed E-state index contributed by atoms with van der Waals surface area (Å²) in [5, 5.41) is 0.812. The Hall–Kier alpha value is -2.63. The quantitative estimate of drug-likeness (QED) is 0.526. The zero-order chi connectivity index (χ0) is 22.8. The number of nitrogens with zero attached hydrogens (tertiary/aromatic N) is 3. The molecule has 0 unspecified atom stereocenters. The number of ether oxygens (including phenoxy) is 1. The van der Waals surface area contributed by atoms with Gasteiger partial charge in [0.15, 0.2) is 0 Å². The summed E-state index contributed by atoms with van der Waals surface area (Å²) in [6.45, 7) is 4.97. The van der Waals surface area contributed by atoms with Crippen molar-refractivity contribution in [2.75, 3.05) is 19.7 Å². The molecule has 0 bridgehead atoms. The highest BCUT2D eigenvalue weighted by Gasteiger charge is 2.43. The van der Waals surface area contributed by atoms with Gasteiger partial charge in [-0.2, -0.15) is 0 Å². The predicted molar refractivity (Wildman–Crippen MR) is 130 cm³/mol. The van der Waals surface area contributed by atoms with Gasteiger partial charge in [-0.25, -0.2) is 4.98 Å². The number of amides is 1. The lowest BCUT2D eigenvalue weighted by Gasteiger charge is -2.38. The summed E-state index contributed by atoms with van der Waals surface area (Å²) < 4.78 is 8.28. The number of hydrogen-bond acceptors (Lipinski definition) is 3. The van der Waals surface area contributed by atoms with Crippen LogP contribution in [0.2, 0.25) is 5.02 Å². The highest BCUT2D eigenvalue weighted by atomic mass is 35.5. The Balaban J connectivity index is 1.22.